The molecule has 0 radical (unpaired) electrons. The quantitative estimate of drug-likeness (QED) is 0.798. The van der Waals surface area contributed by atoms with E-state index in [0.29, 0.717) is 11.7 Å². The topological polar surface area (TPSA) is 101 Å². The maximum atomic E-state index is 12.5. The monoisotopic (exact) mass is 342 g/mol. The molecule has 4 heterocycles. The normalized spacial score (nSPS) is 33.0. The van der Waals surface area contributed by atoms with Gasteiger partial charge in [0.2, 0.25) is 17.7 Å². The molecule has 3 amide bonds. The summed E-state index contributed by atoms with van der Waals surface area (Å²) in [7, 11) is 0. The number of ether oxygens (including phenoxy) is 1. The molecule has 4 unspecified atom stereocenters. The van der Waals surface area contributed by atoms with Gasteiger partial charge in [0.05, 0.1) is 29.7 Å². The van der Waals surface area contributed by atoms with Gasteiger partial charge in [-0.2, -0.15) is 5.10 Å². The maximum Gasteiger partial charge on any atom is 0.245 e. The van der Waals surface area contributed by atoms with Gasteiger partial charge in [-0.05, 0) is 37.8 Å². The number of hydrogen-bond donors (Lipinski definition) is 1. The standard InChI is InChI=1S/C17H18N4O4/c22-13(18-12-6-3-9(19-20-12)8-1-2-8)7-21-16(23)14-10-4-5-11(25-10)15(14)17(21)24/h3,6,8,10-11,14-15H,1-2,4-5,7H2,(H,18,20,22). The number of amides is 3. The second-order valence-corrected chi connectivity index (χ2v) is 7.27. The molecule has 0 spiro atoms. The van der Waals surface area contributed by atoms with Gasteiger partial charge in [0, 0.05) is 5.92 Å². The van der Waals surface area contributed by atoms with Gasteiger partial charge in [-0.25, -0.2) is 0 Å². The van der Waals surface area contributed by atoms with Crippen LogP contribution in [0.25, 0.3) is 0 Å². The zero-order valence-electron chi connectivity index (χ0n) is 13.6. The highest BCUT2D eigenvalue weighted by Gasteiger charge is 2.62. The average molecular weight is 342 g/mol. The van der Waals surface area contributed by atoms with Crippen molar-refractivity contribution in [2.75, 3.05) is 11.9 Å². The molecule has 130 valence electrons. The second kappa shape index (κ2) is 5.32. The third kappa shape index (κ3) is 2.35. The molecule has 5 rings (SSSR count). The lowest BCUT2D eigenvalue weighted by Gasteiger charge is -2.16. The van der Waals surface area contributed by atoms with Crippen LogP contribution in [0.15, 0.2) is 12.1 Å². The van der Waals surface area contributed by atoms with E-state index in [1.807, 2.05) is 6.07 Å². The molecule has 0 aromatic carbocycles. The highest BCUT2D eigenvalue weighted by molar-refractivity contribution is 6.09. The van der Waals surface area contributed by atoms with Crippen LogP contribution in [0.1, 0.15) is 37.3 Å². The van der Waals surface area contributed by atoms with Crippen LogP contribution >= 0.6 is 0 Å². The Balaban J connectivity index is 1.25. The maximum absolute atomic E-state index is 12.5. The van der Waals surface area contributed by atoms with E-state index >= 15 is 0 Å². The molecule has 1 N–H and O–H groups in total. The number of fused-ring (bicyclic) bond motifs is 5. The van der Waals surface area contributed by atoms with Crippen molar-refractivity contribution in [3.05, 3.63) is 17.8 Å². The van der Waals surface area contributed by atoms with Gasteiger partial charge in [-0.1, -0.05) is 0 Å². The van der Waals surface area contributed by atoms with E-state index in [9.17, 15) is 14.4 Å². The van der Waals surface area contributed by atoms with Crippen molar-refractivity contribution in [3.63, 3.8) is 0 Å². The summed E-state index contributed by atoms with van der Waals surface area (Å²) in [4.78, 5) is 38.3. The molecular weight excluding hydrogens is 324 g/mol. The molecule has 3 saturated heterocycles. The predicted octanol–water partition coefficient (Wildman–Crippen LogP) is 0.455. The van der Waals surface area contributed by atoms with Gasteiger partial charge in [0.15, 0.2) is 5.82 Å². The fourth-order valence-corrected chi connectivity index (χ4v) is 4.26. The molecule has 1 aromatic heterocycles. The smallest absolute Gasteiger partial charge is 0.245 e. The third-order valence-corrected chi connectivity index (χ3v) is 5.63. The first-order valence-electron chi connectivity index (χ1n) is 8.76. The molecule has 1 aromatic rings. The summed E-state index contributed by atoms with van der Waals surface area (Å²) in [6.07, 6.45) is 3.56. The Morgan fingerprint density at radius 3 is 2.32 bits per heavy atom. The molecule has 2 bridgehead atoms. The van der Waals surface area contributed by atoms with Crippen molar-refractivity contribution < 1.29 is 19.1 Å². The number of likely N-dealkylation sites (tertiary alicyclic amines) is 1. The first kappa shape index (κ1) is 14.9. The van der Waals surface area contributed by atoms with Crippen molar-refractivity contribution in [1.29, 1.82) is 0 Å². The molecule has 4 aliphatic rings. The molecule has 8 heteroatoms. The summed E-state index contributed by atoms with van der Waals surface area (Å²) in [5.41, 5.74) is 0.936. The number of nitrogens with zero attached hydrogens (tertiary/aromatic N) is 3. The number of rotatable bonds is 4. The Labute approximate surface area is 143 Å². The molecule has 25 heavy (non-hydrogen) atoms. The summed E-state index contributed by atoms with van der Waals surface area (Å²) in [5.74, 6) is -0.997. The van der Waals surface area contributed by atoms with Crippen molar-refractivity contribution >= 4 is 23.5 Å². The molecule has 4 atom stereocenters. The van der Waals surface area contributed by atoms with Crippen LogP contribution in [0.4, 0.5) is 5.82 Å². The lowest BCUT2D eigenvalue weighted by Crippen LogP contribution is -2.40. The number of anilines is 1. The zero-order valence-corrected chi connectivity index (χ0v) is 13.6. The molecule has 1 saturated carbocycles. The Morgan fingerprint density at radius 2 is 1.76 bits per heavy atom. The number of nitrogens with one attached hydrogen (secondary N) is 1. The lowest BCUT2D eigenvalue weighted by atomic mass is 9.81. The zero-order chi connectivity index (χ0) is 17.1. The Bertz CT molecular complexity index is 732. The van der Waals surface area contributed by atoms with Crippen molar-refractivity contribution in [1.82, 2.24) is 15.1 Å². The van der Waals surface area contributed by atoms with E-state index < -0.39 is 17.7 Å². The summed E-state index contributed by atoms with van der Waals surface area (Å²) in [6.45, 7) is -0.282. The van der Waals surface area contributed by atoms with Gasteiger partial charge in [-0.3, -0.25) is 19.3 Å². The summed E-state index contributed by atoms with van der Waals surface area (Å²) in [5, 5.41) is 10.7. The number of imide groups is 1. The SMILES string of the molecule is O=C(CN1C(=O)C2C3CCC(O3)C2C1=O)Nc1ccc(C2CC2)nn1. The van der Waals surface area contributed by atoms with Crippen LogP contribution in [0.5, 0.6) is 0 Å². The average Bonchev–Trinajstić information content (AvgIpc) is 3.18. The van der Waals surface area contributed by atoms with Gasteiger partial charge < -0.3 is 10.1 Å². The van der Waals surface area contributed by atoms with Crippen LogP contribution in [-0.2, 0) is 19.1 Å². The second-order valence-electron chi connectivity index (χ2n) is 7.27. The van der Waals surface area contributed by atoms with E-state index in [0.717, 1.165) is 36.3 Å². The van der Waals surface area contributed by atoms with Crippen LogP contribution < -0.4 is 5.32 Å². The van der Waals surface area contributed by atoms with Crippen molar-refractivity contribution in [3.8, 4) is 0 Å². The van der Waals surface area contributed by atoms with Crippen LogP contribution in [0.2, 0.25) is 0 Å². The Morgan fingerprint density at radius 1 is 1.08 bits per heavy atom. The predicted molar refractivity (Wildman–Crippen MR) is 84.2 cm³/mol. The minimum Gasteiger partial charge on any atom is -0.373 e. The van der Waals surface area contributed by atoms with Crippen molar-refractivity contribution in [2.45, 2.75) is 43.8 Å². The highest BCUT2D eigenvalue weighted by atomic mass is 16.5. The molecular formula is C17H18N4O4. The molecule has 3 aliphatic heterocycles. The highest BCUT2D eigenvalue weighted by Crippen LogP contribution is 2.48. The number of aromatic nitrogens is 2. The number of carbonyl (C=O) groups excluding carboxylic acids is 3. The molecule has 8 nitrogen and oxygen atoms in total. The van der Waals surface area contributed by atoms with E-state index in [1.165, 1.54) is 0 Å². The Hall–Kier alpha value is -2.35. The van der Waals surface area contributed by atoms with Crippen LogP contribution in [0, 0.1) is 11.8 Å². The van der Waals surface area contributed by atoms with Gasteiger partial charge in [0.1, 0.15) is 6.54 Å². The largest absolute Gasteiger partial charge is 0.373 e. The van der Waals surface area contributed by atoms with Gasteiger partial charge in [-0.15, -0.1) is 5.10 Å². The first-order chi connectivity index (χ1) is 12.1. The summed E-state index contributed by atoms with van der Waals surface area (Å²) >= 11 is 0. The van der Waals surface area contributed by atoms with Crippen molar-refractivity contribution in [2.24, 2.45) is 11.8 Å². The van der Waals surface area contributed by atoms with E-state index in [-0.39, 0.29) is 30.6 Å². The molecule has 4 fully saturated rings. The minimum absolute atomic E-state index is 0.166. The van der Waals surface area contributed by atoms with E-state index in [2.05, 4.69) is 15.5 Å². The lowest BCUT2D eigenvalue weighted by molar-refractivity contribution is -0.145. The first-order valence-corrected chi connectivity index (χ1v) is 8.76. The fraction of sp³-hybridized carbons (Fsp3) is 0.588. The number of hydrogen-bond acceptors (Lipinski definition) is 6. The van der Waals surface area contributed by atoms with Crippen LogP contribution in [0.3, 0.4) is 0 Å². The molecule has 1 aliphatic carbocycles. The summed E-state index contributed by atoms with van der Waals surface area (Å²) in [6, 6.07) is 3.56. The van der Waals surface area contributed by atoms with E-state index in [4.69, 9.17) is 4.74 Å². The third-order valence-electron chi connectivity index (χ3n) is 5.63. The fourth-order valence-electron chi connectivity index (χ4n) is 4.26. The van der Waals surface area contributed by atoms with E-state index in [1.54, 1.807) is 6.07 Å². The number of carbonyl (C=O) groups is 3. The van der Waals surface area contributed by atoms with Crippen LogP contribution in [-0.4, -0.2) is 51.6 Å². The Kier molecular flexibility index (Phi) is 3.18. The van der Waals surface area contributed by atoms with Gasteiger partial charge in [0.25, 0.3) is 0 Å². The minimum atomic E-state index is -0.441. The summed E-state index contributed by atoms with van der Waals surface area (Å²) < 4.78 is 5.68. The van der Waals surface area contributed by atoms with Gasteiger partial charge >= 0.3 is 0 Å².